The number of hydrogen-bond acceptors (Lipinski definition) is 6. The Morgan fingerprint density at radius 3 is 1.10 bits per heavy atom. The van der Waals surface area contributed by atoms with Gasteiger partial charge in [0.05, 0.1) is 0 Å². The van der Waals surface area contributed by atoms with E-state index in [0.29, 0.717) is 0 Å². The van der Waals surface area contributed by atoms with Gasteiger partial charge in [0.15, 0.2) is 0 Å². The van der Waals surface area contributed by atoms with E-state index in [1.807, 2.05) is 0 Å². The van der Waals surface area contributed by atoms with E-state index in [9.17, 15) is 0 Å². The molecule has 0 N–H and O–H groups in total. The van der Waals surface area contributed by atoms with E-state index < -0.39 is 0 Å². The second-order valence-electron chi connectivity index (χ2n) is 18.4. The van der Waals surface area contributed by atoms with Crippen LogP contribution in [-0.4, -0.2) is 0 Å². The molecule has 6 heteroatoms. The van der Waals surface area contributed by atoms with Crippen LogP contribution in [0.1, 0.15) is 0 Å². The lowest BCUT2D eigenvalue weighted by Gasteiger charge is -2.24. The zero-order valence-corrected chi connectivity index (χ0v) is 40.3. The summed E-state index contributed by atoms with van der Waals surface area (Å²) in [7, 11) is 0. The van der Waals surface area contributed by atoms with Crippen LogP contribution < -0.4 is 9.80 Å². The molecule has 4 heterocycles. The van der Waals surface area contributed by atoms with Gasteiger partial charge in [-0.2, -0.15) is 0 Å². The summed E-state index contributed by atoms with van der Waals surface area (Å²) < 4.78 is 13.9. The Bertz CT molecular complexity index is 4310. The van der Waals surface area contributed by atoms with Crippen LogP contribution in [0.4, 0.5) is 32.8 Å². The van der Waals surface area contributed by atoms with Crippen LogP contribution in [0.15, 0.2) is 251 Å². The van der Waals surface area contributed by atoms with Crippen molar-refractivity contribution in [1.29, 1.82) is 0 Å². The van der Waals surface area contributed by atoms with Gasteiger partial charge in [-0.3, -0.25) is 0 Å². The van der Waals surface area contributed by atoms with E-state index in [-0.39, 0.29) is 0 Å². The Morgan fingerprint density at radius 2 is 0.653 bits per heavy atom. The molecule has 4 aromatic heterocycles. The number of benzene rings is 11. The summed E-state index contributed by atoms with van der Waals surface area (Å²) in [4.78, 5) is 7.07. The third-order valence-electron chi connectivity index (χ3n) is 14.2. The minimum Gasteiger partial charge on any atom is -0.456 e. The fraction of sp³-hybridized carbons (Fsp3) is 0. The highest BCUT2D eigenvalue weighted by Crippen LogP contribution is 2.50. The zero-order valence-electron chi connectivity index (χ0n) is 38.6. The third kappa shape index (κ3) is 6.57. The summed E-state index contributed by atoms with van der Waals surface area (Å²) >= 11 is 3.59. The molecule has 15 aromatic rings. The first kappa shape index (κ1) is 40.9. The maximum Gasteiger partial charge on any atom is 0.136 e. The number of fused-ring (bicyclic) bond motifs is 12. The first-order valence-corrected chi connectivity index (χ1v) is 25.8. The van der Waals surface area contributed by atoms with Gasteiger partial charge < -0.3 is 18.6 Å². The molecule has 0 aliphatic carbocycles. The fourth-order valence-electron chi connectivity index (χ4n) is 11.0. The SMILES string of the molecule is c1ccc(N(c2ccc3ccccc3c2)c2ccc(-c3cc4oc5cc6c(cc5c4c4ccccc34)oc3cc(-c4ccc(N(c5ccccc5)c5ccc7ccccc7c5)s4)c4ccccc4c36)s2)cc1. The molecule has 0 aliphatic heterocycles. The van der Waals surface area contributed by atoms with E-state index in [2.05, 4.69) is 252 Å². The number of rotatable bonds is 8. The van der Waals surface area contributed by atoms with Crippen LogP contribution >= 0.6 is 22.7 Å². The molecule has 0 radical (unpaired) electrons. The van der Waals surface area contributed by atoms with Crippen molar-refractivity contribution in [2.75, 3.05) is 9.80 Å². The zero-order chi connectivity index (χ0) is 47.3. The summed E-state index contributed by atoms with van der Waals surface area (Å²) in [6.45, 7) is 0. The van der Waals surface area contributed by atoms with Gasteiger partial charge >= 0.3 is 0 Å². The number of hydrogen-bond donors (Lipinski definition) is 0. The van der Waals surface area contributed by atoms with Gasteiger partial charge in [0.25, 0.3) is 0 Å². The second-order valence-corrected chi connectivity index (χ2v) is 20.5. The van der Waals surface area contributed by atoms with E-state index in [4.69, 9.17) is 8.83 Å². The van der Waals surface area contributed by atoms with Crippen LogP contribution in [0.25, 0.3) is 108 Å². The van der Waals surface area contributed by atoms with E-state index in [0.717, 1.165) is 98.5 Å². The molecule has 0 aliphatic rings. The summed E-state index contributed by atoms with van der Waals surface area (Å²) in [5.41, 5.74) is 10.2. The monoisotopic (exact) mass is 956 g/mol. The van der Waals surface area contributed by atoms with E-state index in [1.54, 1.807) is 22.7 Å². The molecule has 0 bridgehead atoms. The van der Waals surface area contributed by atoms with Gasteiger partial charge in [-0.15, -0.1) is 22.7 Å². The van der Waals surface area contributed by atoms with Gasteiger partial charge in [0.1, 0.15) is 32.3 Å². The second kappa shape index (κ2) is 16.3. The Labute approximate surface area is 422 Å². The lowest BCUT2D eigenvalue weighted by atomic mass is 9.97. The Balaban J connectivity index is 0.847. The predicted molar refractivity (Wildman–Crippen MR) is 307 cm³/mol. The summed E-state index contributed by atoms with van der Waals surface area (Å²) in [6.07, 6.45) is 0. The molecule has 338 valence electrons. The molecule has 11 aromatic carbocycles. The van der Waals surface area contributed by atoms with Crippen LogP contribution in [-0.2, 0) is 0 Å². The first-order valence-electron chi connectivity index (χ1n) is 24.2. The van der Waals surface area contributed by atoms with Gasteiger partial charge in [-0.05, 0) is 140 Å². The maximum absolute atomic E-state index is 6.96. The average molecular weight is 957 g/mol. The molecule has 0 amide bonds. The molecular formula is C66H40N2O2S2. The summed E-state index contributed by atoms with van der Waals surface area (Å²) in [5.74, 6) is 0. The Morgan fingerprint density at radius 1 is 0.264 bits per heavy atom. The van der Waals surface area contributed by atoms with Crippen LogP contribution in [0, 0.1) is 0 Å². The molecule has 0 saturated carbocycles. The quantitative estimate of drug-likeness (QED) is 0.152. The normalized spacial score (nSPS) is 11.9. The lowest BCUT2D eigenvalue weighted by Crippen LogP contribution is -2.07. The standard InChI is InChI=1S/C66H40N2O2S2/c1-3-19-45(20-4-1)67(47-29-27-41-15-7-9-17-43(41)35-47)63-33-31-61(71-63)53-37-59-65(51-25-13-11-23-49(51)53)55-39-58-56(40-57(55)69-59)66-52-26-14-12-24-50(52)54(38-60(66)70-58)62-32-34-64(72-62)68(46-21-5-2-6-22-46)48-30-28-42-16-8-10-18-44(42)36-48/h1-40H. The molecule has 0 unspecified atom stereocenters. The van der Waals surface area contributed by atoms with Crippen molar-refractivity contribution in [2.45, 2.75) is 0 Å². The minimum absolute atomic E-state index is 0.840. The molecule has 0 saturated heterocycles. The van der Waals surface area contributed by atoms with Crippen LogP contribution in [0.5, 0.6) is 0 Å². The van der Waals surface area contributed by atoms with Gasteiger partial charge in [0, 0.05) is 65.2 Å². The largest absolute Gasteiger partial charge is 0.456 e. The Kier molecular flexibility index (Phi) is 9.27. The molecule has 15 rings (SSSR count). The van der Waals surface area contributed by atoms with Crippen LogP contribution in [0.2, 0.25) is 0 Å². The Hall–Kier alpha value is -8.94. The van der Waals surface area contributed by atoms with Crippen molar-refractivity contribution in [3.05, 3.63) is 243 Å². The molecule has 0 spiro atoms. The predicted octanol–water partition coefficient (Wildman–Crippen LogP) is 20.5. The number of furan rings is 2. The van der Waals surface area contributed by atoms with Crippen molar-refractivity contribution in [3.63, 3.8) is 0 Å². The van der Waals surface area contributed by atoms with Crippen molar-refractivity contribution < 1.29 is 8.83 Å². The topological polar surface area (TPSA) is 32.8 Å². The van der Waals surface area contributed by atoms with Crippen molar-refractivity contribution in [1.82, 2.24) is 0 Å². The molecule has 72 heavy (non-hydrogen) atoms. The highest BCUT2D eigenvalue weighted by atomic mass is 32.1. The number of anilines is 6. The molecule has 0 fully saturated rings. The smallest absolute Gasteiger partial charge is 0.136 e. The summed E-state index contributed by atoms with van der Waals surface area (Å²) in [6, 6.07) is 87.2. The molecular weight excluding hydrogens is 917 g/mol. The number of thiophene rings is 2. The number of para-hydroxylation sites is 2. The highest BCUT2D eigenvalue weighted by Gasteiger charge is 2.23. The fourth-order valence-corrected chi connectivity index (χ4v) is 13.1. The molecule has 4 nitrogen and oxygen atoms in total. The minimum atomic E-state index is 0.840. The van der Waals surface area contributed by atoms with Crippen molar-refractivity contribution >= 4 is 142 Å². The maximum atomic E-state index is 6.96. The molecule has 0 atom stereocenters. The van der Waals surface area contributed by atoms with Gasteiger partial charge in [-0.25, -0.2) is 0 Å². The number of nitrogens with zero attached hydrogens (tertiary/aromatic N) is 2. The van der Waals surface area contributed by atoms with E-state index in [1.165, 1.54) is 42.1 Å². The lowest BCUT2D eigenvalue weighted by molar-refractivity contribution is 0.664. The average Bonchev–Trinajstić information content (AvgIpc) is 4.26. The van der Waals surface area contributed by atoms with E-state index >= 15 is 0 Å². The van der Waals surface area contributed by atoms with Crippen molar-refractivity contribution in [3.8, 4) is 20.9 Å². The highest BCUT2D eigenvalue weighted by molar-refractivity contribution is 7.20. The first-order chi connectivity index (χ1) is 35.7. The van der Waals surface area contributed by atoms with Gasteiger partial charge in [-0.1, -0.05) is 146 Å². The summed E-state index contributed by atoms with van der Waals surface area (Å²) in [5, 5.41) is 16.1. The third-order valence-corrected chi connectivity index (χ3v) is 16.5. The van der Waals surface area contributed by atoms with Gasteiger partial charge in [0.2, 0.25) is 0 Å². The van der Waals surface area contributed by atoms with Crippen molar-refractivity contribution in [2.24, 2.45) is 0 Å². The van der Waals surface area contributed by atoms with Crippen LogP contribution in [0.3, 0.4) is 0 Å².